The van der Waals surface area contributed by atoms with Crippen LogP contribution < -0.4 is 4.74 Å². The fraction of sp³-hybridized carbons (Fsp3) is 0.304. The quantitative estimate of drug-likeness (QED) is 0.474. The molecule has 0 bridgehead atoms. The summed E-state index contributed by atoms with van der Waals surface area (Å²) in [7, 11) is 2.24. The first-order valence-electron chi connectivity index (χ1n) is 9.78. The van der Waals surface area contributed by atoms with Gasteiger partial charge in [0.1, 0.15) is 43.8 Å². The maximum absolute atomic E-state index is 9.73. The van der Waals surface area contributed by atoms with E-state index in [4.69, 9.17) is 14.0 Å². The van der Waals surface area contributed by atoms with Gasteiger partial charge >= 0.3 is 0 Å². The van der Waals surface area contributed by atoms with Gasteiger partial charge in [0, 0.05) is 5.56 Å². The first-order chi connectivity index (χ1) is 14.2. The number of aromatic nitrogens is 1. The van der Waals surface area contributed by atoms with E-state index in [0.717, 1.165) is 54.0 Å². The number of hydrogen-bond acceptors (Lipinski definition) is 5. The third-order valence-corrected chi connectivity index (χ3v) is 5.41. The lowest BCUT2D eigenvalue weighted by Gasteiger charge is -2.37. The minimum Gasteiger partial charge on any atom is -0.487 e. The maximum Gasteiger partial charge on any atom is 0.167 e. The van der Waals surface area contributed by atoms with Gasteiger partial charge in [0.05, 0.1) is 31.2 Å². The minimum atomic E-state index is 0.443. The summed E-state index contributed by atoms with van der Waals surface area (Å²) in [6, 6.07) is 17.5. The lowest BCUT2D eigenvalue weighted by atomic mass is 10.1. The third-order valence-electron chi connectivity index (χ3n) is 5.41. The van der Waals surface area contributed by atoms with Crippen LogP contribution in [-0.4, -0.2) is 56.1 Å². The highest BCUT2D eigenvalue weighted by molar-refractivity contribution is 5.99. The summed E-state index contributed by atoms with van der Waals surface area (Å²) in [6.07, 6.45) is 1.81. The van der Waals surface area contributed by atoms with Gasteiger partial charge in [0.15, 0.2) is 5.58 Å². The van der Waals surface area contributed by atoms with Gasteiger partial charge in [-0.05, 0) is 24.3 Å². The van der Waals surface area contributed by atoms with Gasteiger partial charge in [-0.3, -0.25) is 0 Å². The topological polar surface area (TPSA) is 68.3 Å². The number of ether oxygens (including phenoxy) is 2. The number of benzene rings is 2. The number of hydrogen-bond donors (Lipinski definition) is 0. The number of nitriles is 1. The summed E-state index contributed by atoms with van der Waals surface area (Å²) in [5.74, 6) is 0.757. The number of allylic oxidation sites excluding steroid dienone is 1. The summed E-state index contributed by atoms with van der Waals surface area (Å²) in [6.45, 7) is 5.13. The van der Waals surface area contributed by atoms with E-state index in [-0.39, 0.29) is 0 Å². The van der Waals surface area contributed by atoms with Gasteiger partial charge in [-0.1, -0.05) is 35.5 Å². The molecular weight excluding hydrogens is 366 g/mol. The van der Waals surface area contributed by atoms with Crippen molar-refractivity contribution in [3.63, 3.8) is 0 Å². The lowest BCUT2D eigenvalue weighted by molar-refractivity contribution is -0.916. The number of quaternary nitrogens is 1. The van der Waals surface area contributed by atoms with E-state index in [1.807, 2.05) is 54.6 Å². The SMILES string of the molecule is C[N+]1(CCOc2ccccc2/C=C(\C#N)c2noc3ccccc23)CCOCC1. The Morgan fingerprint density at radius 2 is 1.93 bits per heavy atom. The molecule has 0 aliphatic carbocycles. The fourth-order valence-electron chi connectivity index (χ4n) is 3.50. The van der Waals surface area contributed by atoms with Crippen LogP contribution in [0, 0.1) is 11.3 Å². The van der Waals surface area contributed by atoms with Crippen LogP contribution in [0.5, 0.6) is 5.75 Å². The molecule has 1 saturated heterocycles. The molecule has 0 atom stereocenters. The van der Waals surface area contributed by atoms with Crippen molar-refractivity contribution in [1.82, 2.24) is 5.16 Å². The van der Waals surface area contributed by atoms with Crippen molar-refractivity contribution >= 4 is 22.6 Å². The molecule has 0 radical (unpaired) electrons. The average molecular weight is 390 g/mol. The van der Waals surface area contributed by atoms with Gasteiger partial charge in [-0.15, -0.1) is 0 Å². The molecule has 3 aromatic rings. The predicted octanol–water partition coefficient (Wildman–Crippen LogP) is 3.75. The molecule has 0 amide bonds. The number of morpholine rings is 1. The Labute approximate surface area is 170 Å². The van der Waals surface area contributed by atoms with Crippen molar-refractivity contribution in [2.75, 3.05) is 46.5 Å². The molecule has 1 fully saturated rings. The largest absolute Gasteiger partial charge is 0.487 e. The van der Waals surface area contributed by atoms with Crippen LogP contribution in [0.25, 0.3) is 22.6 Å². The normalized spacial score (nSPS) is 16.5. The van der Waals surface area contributed by atoms with E-state index in [0.29, 0.717) is 23.5 Å². The Kier molecular flexibility index (Phi) is 5.61. The highest BCUT2D eigenvalue weighted by Crippen LogP contribution is 2.28. The molecule has 148 valence electrons. The second-order valence-electron chi connectivity index (χ2n) is 7.49. The molecule has 6 nitrogen and oxygen atoms in total. The molecule has 0 spiro atoms. The first-order valence-corrected chi connectivity index (χ1v) is 9.78. The molecular formula is C23H24N3O3+. The first kappa shape index (κ1) is 19.2. The smallest absolute Gasteiger partial charge is 0.167 e. The molecule has 1 aromatic heterocycles. The second-order valence-corrected chi connectivity index (χ2v) is 7.49. The monoisotopic (exact) mass is 390 g/mol. The number of nitrogens with zero attached hydrogens (tertiary/aromatic N) is 3. The molecule has 0 N–H and O–H groups in total. The second kappa shape index (κ2) is 8.48. The Balaban J connectivity index is 1.55. The molecule has 2 aromatic carbocycles. The fourth-order valence-corrected chi connectivity index (χ4v) is 3.50. The van der Waals surface area contributed by atoms with Crippen molar-refractivity contribution in [3.05, 3.63) is 59.8 Å². The van der Waals surface area contributed by atoms with Gasteiger partial charge in [-0.2, -0.15) is 5.26 Å². The van der Waals surface area contributed by atoms with Crippen molar-refractivity contribution < 1.29 is 18.5 Å². The standard InChI is InChI=1S/C23H24N3O3/c1-26(10-13-27-14-11-26)12-15-28-21-8-4-2-6-18(21)16-19(17-24)23-20-7-3-5-9-22(20)29-25-23/h2-9,16H,10-15H2,1H3/q+1/b19-16+. The highest BCUT2D eigenvalue weighted by Gasteiger charge is 2.25. The molecule has 2 heterocycles. The van der Waals surface area contributed by atoms with E-state index >= 15 is 0 Å². The van der Waals surface area contributed by atoms with E-state index in [1.165, 1.54) is 0 Å². The van der Waals surface area contributed by atoms with E-state index in [1.54, 1.807) is 0 Å². The van der Waals surface area contributed by atoms with Crippen LogP contribution >= 0.6 is 0 Å². The van der Waals surface area contributed by atoms with E-state index in [2.05, 4.69) is 18.3 Å². The summed E-state index contributed by atoms with van der Waals surface area (Å²) in [4.78, 5) is 0. The number of para-hydroxylation sites is 2. The average Bonchev–Trinajstić information content (AvgIpc) is 3.17. The Bertz CT molecular complexity index is 1060. The van der Waals surface area contributed by atoms with Crippen molar-refractivity contribution in [2.24, 2.45) is 0 Å². The van der Waals surface area contributed by atoms with E-state index in [9.17, 15) is 5.26 Å². The molecule has 0 unspecified atom stereocenters. The van der Waals surface area contributed by atoms with Crippen molar-refractivity contribution in [1.29, 1.82) is 5.26 Å². The van der Waals surface area contributed by atoms with E-state index < -0.39 is 0 Å². The Morgan fingerprint density at radius 3 is 2.76 bits per heavy atom. The Morgan fingerprint density at radius 1 is 1.17 bits per heavy atom. The van der Waals surface area contributed by atoms with Crippen molar-refractivity contribution in [3.8, 4) is 11.8 Å². The van der Waals surface area contributed by atoms with Gasteiger partial charge in [-0.25, -0.2) is 0 Å². The zero-order valence-electron chi connectivity index (χ0n) is 16.5. The van der Waals surface area contributed by atoms with Crippen LogP contribution in [-0.2, 0) is 4.74 Å². The summed E-state index contributed by atoms with van der Waals surface area (Å²) in [5, 5.41) is 14.7. The highest BCUT2D eigenvalue weighted by atomic mass is 16.5. The molecule has 29 heavy (non-hydrogen) atoms. The third kappa shape index (κ3) is 4.32. The number of likely N-dealkylation sites (N-methyl/N-ethyl adjacent to an activating group) is 1. The maximum atomic E-state index is 9.73. The zero-order valence-corrected chi connectivity index (χ0v) is 16.5. The van der Waals surface area contributed by atoms with Crippen LogP contribution in [0.4, 0.5) is 0 Å². The summed E-state index contributed by atoms with van der Waals surface area (Å²) in [5.41, 5.74) is 2.50. The van der Waals surface area contributed by atoms with Crippen LogP contribution in [0.1, 0.15) is 11.3 Å². The summed E-state index contributed by atoms with van der Waals surface area (Å²) < 4.78 is 17.9. The van der Waals surface area contributed by atoms with Crippen LogP contribution in [0.15, 0.2) is 53.1 Å². The minimum absolute atomic E-state index is 0.443. The molecule has 4 rings (SSSR count). The Hall–Kier alpha value is -3.14. The van der Waals surface area contributed by atoms with Gasteiger partial charge in [0.2, 0.25) is 0 Å². The van der Waals surface area contributed by atoms with Gasteiger partial charge in [0.25, 0.3) is 0 Å². The van der Waals surface area contributed by atoms with Crippen LogP contribution in [0.3, 0.4) is 0 Å². The molecule has 6 heteroatoms. The number of fused-ring (bicyclic) bond motifs is 1. The van der Waals surface area contributed by atoms with Crippen LogP contribution in [0.2, 0.25) is 0 Å². The molecule has 1 aliphatic rings. The zero-order chi connectivity index (χ0) is 20.1. The number of rotatable bonds is 6. The predicted molar refractivity (Wildman–Crippen MR) is 111 cm³/mol. The molecule has 1 aliphatic heterocycles. The summed E-state index contributed by atoms with van der Waals surface area (Å²) >= 11 is 0. The van der Waals surface area contributed by atoms with Gasteiger partial charge < -0.3 is 18.5 Å². The lowest BCUT2D eigenvalue weighted by Crippen LogP contribution is -2.53. The van der Waals surface area contributed by atoms with Crippen molar-refractivity contribution in [2.45, 2.75) is 0 Å². The molecule has 0 saturated carbocycles.